The zero-order valence-corrected chi connectivity index (χ0v) is 11.7. The van der Waals surface area contributed by atoms with E-state index in [4.69, 9.17) is 0 Å². The number of aromatic nitrogens is 2. The average Bonchev–Trinajstić information content (AvgIpc) is 2.98. The van der Waals surface area contributed by atoms with E-state index in [1.807, 2.05) is 24.7 Å². The Bertz CT molecular complexity index is 591. The highest BCUT2D eigenvalue weighted by molar-refractivity contribution is 7.13. The van der Waals surface area contributed by atoms with E-state index in [-0.39, 0.29) is 0 Å². The molecule has 0 radical (unpaired) electrons. The van der Waals surface area contributed by atoms with Crippen molar-refractivity contribution < 1.29 is 0 Å². The lowest BCUT2D eigenvalue weighted by Crippen LogP contribution is -2.47. The van der Waals surface area contributed by atoms with Gasteiger partial charge in [0.2, 0.25) is 0 Å². The lowest BCUT2D eigenvalue weighted by atomic mass is 9.95. The SMILES string of the molecule is CNC(C#N)(Cn1ccnc1-c1cccs1)C1CC1. The Kier molecular flexibility index (Phi) is 3.13. The summed E-state index contributed by atoms with van der Waals surface area (Å²) < 4.78 is 2.09. The monoisotopic (exact) mass is 272 g/mol. The number of imidazole rings is 1. The van der Waals surface area contributed by atoms with Crippen LogP contribution in [0.5, 0.6) is 0 Å². The third-order valence-corrected chi connectivity index (χ3v) is 4.66. The number of nitrogens with zero attached hydrogens (tertiary/aromatic N) is 3. The molecular formula is C14H16N4S. The second-order valence-corrected chi connectivity index (χ2v) is 5.91. The molecule has 3 rings (SSSR count). The lowest BCUT2D eigenvalue weighted by molar-refractivity contribution is 0.342. The molecule has 0 spiro atoms. The van der Waals surface area contributed by atoms with Crippen LogP contribution in [0.25, 0.3) is 10.7 Å². The van der Waals surface area contributed by atoms with Crippen molar-refractivity contribution in [3.8, 4) is 16.8 Å². The van der Waals surface area contributed by atoms with E-state index in [1.165, 1.54) is 0 Å². The third kappa shape index (κ3) is 2.18. The molecule has 1 unspecified atom stereocenters. The van der Waals surface area contributed by atoms with Gasteiger partial charge in [-0.25, -0.2) is 4.98 Å². The van der Waals surface area contributed by atoms with Crippen molar-refractivity contribution in [2.24, 2.45) is 5.92 Å². The maximum absolute atomic E-state index is 9.56. The number of nitriles is 1. The Morgan fingerprint density at radius 1 is 1.63 bits per heavy atom. The molecule has 1 aliphatic rings. The molecule has 0 aromatic carbocycles. The highest BCUT2D eigenvalue weighted by Crippen LogP contribution is 2.40. The van der Waals surface area contributed by atoms with Crippen molar-refractivity contribution in [1.29, 1.82) is 5.26 Å². The van der Waals surface area contributed by atoms with E-state index >= 15 is 0 Å². The molecule has 2 aromatic heterocycles. The second kappa shape index (κ2) is 4.80. The number of nitrogens with one attached hydrogen (secondary N) is 1. The minimum atomic E-state index is -0.466. The summed E-state index contributed by atoms with van der Waals surface area (Å²) in [6.07, 6.45) is 6.04. The van der Waals surface area contributed by atoms with Gasteiger partial charge < -0.3 is 9.88 Å². The summed E-state index contributed by atoms with van der Waals surface area (Å²) in [7, 11) is 1.88. The zero-order chi connectivity index (χ0) is 13.3. The molecule has 1 aliphatic carbocycles. The molecule has 0 aliphatic heterocycles. The minimum absolute atomic E-state index is 0.459. The molecular weight excluding hydrogens is 256 g/mol. The fourth-order valence-electron chi connectivity index (χ4n) is 2.51. The Morgan fingerprint density at radius 2 is 2.47 bits per heavy atom. The lowest BCUT2D eigenvalue weighted by Gasteiger charge is -2.27. The highest BCUT2D eigenvalue weighted by atomic mass is 32.1. The molecule has 2 aromatic rings. The summed E-state index contributed by atoms with van der Waals surface area (Å²) >= 11 is 1.67. The van der Waals surface area contributed by atoms with Gasteiger partial charge in [0.05, 0.1) is 17.5 Å². The molecule has 19 heavy (non-hydrogen) atoms. The summed E-state index contributed by atoms with van der Waals surface area (Å²) in [5.74, 6) is 1.41. The van der Waals surface area contributed by atoms with Crippen LogP contribution in [0.2, 0.25) is 0 Å². The molecule has 1 atom stereocenters. The largest absolute Gasteiger partial charge is 0.327 e. The second-order valence-electron chi connectivity index (χ2n) is 4.96. The summed E-state index contributed by atoms with van der Waals surface area (Å²) in [6, 6.07) is 6.57. The fraction of sp³-hybridized carbons (Fsp3) is 0.429. The maximum Gasteiger partial charge on any atom is 0.150 e. The maximum atomic E-state index is 9.56. The van der Waals surface area contributed by atoms with Crippen LogP contribution >= 0.6 is 11.3 Å². The van der Waals surface area contributed by atoms with Crippen molar-refractivity contribution in [3.63, 3.8) is 0 Å². The number of rotatable bonds is 5. The summed E-state index contributed by atoms with van der Waals surface area (Å²) in [5.41, 5.74) is -0.466. The van der Waals surface area contributed by atoms with Crippen molar-refractivity contribution in [2.45, 2.75) is 24.9 Å². The summed E-state index contributed by atoms with van der Waals surface area (Å²) in [5, 5.41) is 14.8. The van der Waals surface area contributed by atoms with E-state index in [2.05, 4.69) is 27.0 Å². The first kappa shape index (κ1) is 12.4. The first-order valence-corrected chi connectivity index (χ1v) is 7.32. The Labute approximate surface area is 116 Å². The van der Waals surface area contributed by atoms with Crippen LogP contribution in [-0.4, -0.2) is 22.1 Å². The molecule has 1 fully saturated rings. The topological polar surface area (TPSA) is 53.6 Å². The highest BCUT2D eigenvalue weighted by Gasteiger charge is 2.45. The number of likely N-dealkylation sites (N-methyl/N-ethyl adjacent to an activating group) is 1. The van der Waals surface area contributed by atoms with Gasteiger partial charge in [-0.3, -0.25) is 0 Å². The van der Waals surface area contributed by atoms with Crippen LogP contribution in [0, 0.1) is 17.2 Å². The van der Waals surface area contributed by atoms with Gasteiger partial charge in [-0.2, -0.15) is 5.26 Å². The molecule has 0 amide bonds. The van der Waals surface area contributed by atoms with E-state index in [1.54, 1.807) is 17.5 Å². The molecule has 1 saturated carbocycles. The van der Waals surface area contributed by atoms with Crippen molar-refractivity contribution in [2.75, 3.05) is 7.05 Å². The van der Waals surface area contributed by atoms with Crippen LogP contribution in [0.4, 0.5) is 0 Å². The average molecular weight is 272 g/mol. The van der Waals surface area contributed by atoms with Gasteiger partial charge in [0.15, 0.2) is 0 Å². The number of hydrogen-bond donors (Lipinski definition) is 1. The van der Waals surface area contributed by atoms with Crippen molar-refractivity contribution in [3.05, 3.63) is 29.9 Å². The smallest absolute Gasteiger partial charge is 0.150 e. The first-order chi connectivity index (χ1) is 9.29. The fourth-order valence-corrected chi connectivity index (χ4v) is 3.24. The van der Waals surface area contributed by atoms with Gasteiger partial charge in [-0.1, -0.05) is 6.07 Å². The third-order valence-electron chi connectivity index (χ3n) is 3.80. The predicted molar refractivity (Wildman–Crippen MR) is 75.7 cm³/mol. The summed E-state index contributed by atoms with van der Waals surface area (Å²) in [6.45, 7) is 0.651. The Balaban J connectivity index is 1.92. The van der Waals surface area contributed by atoms with Crippen molar-refractivity contribution in [1.82, 2.24) is 14.9 Å². The molecule has 98 valence electrons. The van der Waals surface area contributed by atoms with Crippen LogP contribution in [-0.2, 0) is 6.54 Å². The van der Waals surface area contributed by atoms with Gasteiger partial charge in [-0.05, 0) is 37.3 Å². The predicted octanol–water partition coefficient (Wildman–Crippen LogP) is 2.50. The normalized spacial score (nSPS) is 17.9. The van der Waals surface area contributed by atoms with Crippen LogP contribution < -0.4 is 5.32 Å². The van der Waals surface area contributed by atoms with Gasteiger partial charge in [-0.15, -0.1) is 11.3 Å². The van der Waals surface area contributed by atoms with Crippen LogP contribution in [0.1, 0.15) is 12.8 Å². The number of hydrogen-bond acceptors (Lipinski definition) is 4. The Morgan fingerprint density at radius 3 is 3.05 bits per heavy atom. The quantitative estimate of drug-likeness (QED) is 0.910. The van der Waals surface area contributed by atoms with Crippen LogP contribution in [0.3, 0.4) is 0 Å². The van der Waals surface area contributed by atoms with Gasteiger partial charge >= 0.3 is 0 Å². The molecule has 4 nitrogen and oxygen atoms in total. The van der Waals surface area contributed by atoms with E-state index in [0.29, 0.717) is 12.5 Å². The Hall–Kier alpha value is -1.64. The molecule has 0 saturated heterocycles. The molecule has 2 heterocycles. The van der Waals surface area contributed by atoms with Crippen molar-refractivity contribution >= 4 is 11.3 Å². The van der Waals surface area contributed by atoms with E-state index in [9.17, 15) is 5.26 Å². The zero-order valence-electron chi connectivity index (χ0n) is 10.8. The van der Waals surface area contributed by atoms with Gasteiger partial charge in [0.25, 0.3) is 0 Å². The van der Waals surface area contributed by atoms with Crippen LogP contribution in [0.15, 0.2) is 29.9 Å². The molecule has 0 bridgehead atoms. The summed E-state index contributed by atoms with van der Waals surface area (Å²) in [4.78, 5) is 5.57. The first-order valence-electron chi connectivity index (χ1n) is 6.44. The van der Waals surface area contributed by atoms with E-state index in [0.717, 1.165) is 23.5 Å². The molecule has 5 heteroatoms. The minimum Gasteiger partial charge on any atom is -0.327 e. The van der Waals surface area contributed by atoms with Gasteiger partial charge in [0, 0.05) is 12.4 Å². The standard InChI is InChI=1S/C14H16N4S/c1-16-14(9-15,11-4-5-11)10-18-7-6-17-13(18)12-3-2-8-19-12/h2-3,6-8,11,16H,4-5,10H2,1H3. The number of thiophene rings is 1. The molecule has 1 N–H and O–H groups in total. The van der Waals surface area contributed by atoms with E-state index < -0.39 is 5.54 Å². The van der Waals surface area contributed by atoms with Gasteiger partial charge in [0.1, 0.15) is 11.4 Å².